The Kier molecular flexibility index (Phi) is 4.08. The van der Waals surface area contributed by atoms with Gasteiger partial charge in [-0.3, -0.25) is 0 Å². The van der Waals surface area contributed by atoms with Gasteiger partial charge in [0.05, 0.1) is 6.61 Å². The average molecular weight is 162 g/mol. The van der Waals surface area contributed by atoms with Crippen LogP contribution in [0.5, 0.6) is 0 Å². The van der Waals surface area contributed by atoms with Crippen LogP contribution in [0.1, 0.15) is 33.6 Å². The minimum Gasteiger partial charge on any atom is -0.464 e. The third-order valence-electron chi connectivity index (χ3n) is 1.42. The van der Waals surface area contributed by atoms with Crippen LogP contribution in [0.2, 0.25) is 0 Å². The first-order valence-corrected chi connectivity index (χ1v) is 3.90. The zero-order valence-electron chi connectivity index (χ0n) is 7.32. The molecule has 1 unspecified atom stereocenters. The van der Waals surface area contributed by atoms with Gasteiger partial charge in [0, 0.05) is 0 Å². The Hall–Kier alpha value is -0.600. The smallest absolute Gasteiger partial charge is 0.343 e. The van der Waals surface area contributed by atoms with Crippen molar-refractivity contribution < 1.29 is 13.9 Å². The van der Waals surface area contributed by atoms with Crippen LogP contribution < -0.4 is 0 Å². The molecule has 0 aromatic carbocycles. The lowest BCUT2D eigenvalue weighted by Crippen LogP contribution is -2.31. The Balaban J connectivity index is 3.94. The molecule has 0 spiro atoms. The molecule has 66 valence electrons. The second kappa shape index (κ2) is 4.31. The highest BCUT2D eigenvalue weighted by molar-refractivity contribution is 5.78. The number of rotatable bonds is 4. The second-order valence-electron chi connectivity index (χ2n) is 2.67. The van der Waals surface area contributed by atoms with Gasteiger partial charge < -0.3 is 4.74 Å². The van der Waals surface area contributed by atoms with Crippen molar-refractivity contribution in [3.05, 3.63) is 0 Å². The number of hydrogen-bond donors (Lipinski definition) is 0. The van der Waals surface area contributed by atoms with Crippen LogP contribution in [0.25, 0.3) is 0 Å². The summed E-state index contributed by atoms with van der Waals surface area (Å²) < 4.78 is 17.7. The normalized spacial score (nSPS) is 15.6. The molecule has 0 rings (SSSR count). The second-order valence-corrected chi connectivity index (χ2v) is 2.67. The molecule has 0 bridgehead atoms. The van der Waals surface area contributed by atoms with E-state index in [0.29, 0.717) is 6.42 Å². The predicted molar refractivity (Wildman–Crippen MR) is 41.1 cm³/mol. The number of alkyl halides is 1. The molecule has 2 nitrogen and oxygen atoms in total. The molecule has 0 aliphatic carbocycles. The van der Waals surface area contributed by atoms with Crippen LogP contribution in [0.15, 0.2) is 0 Å². The molecule has 0 aliphatic heterocycles. The van der Waals surface area contributed by atoms with Crippen molar-refractivity contribution in [2.24, 2.45) is 0 Å². The first-order valence-electron chi connectivity index (χ1n) is 3.90. The van der Waals surface area contributed by atoms with Crippen LogP contribution in [0, 0.1) is 0 Å². The van der Waals surface area contributed by atoms with Gasteiger partial charge in [-0.05, 0) is 20.3 Å². The topological polar surface area (TPSA) is 26.3 Å². The number of carbonyl (C=O) groups excluding carboxylic acids is 1. The van der Waals surface area contributed by atoms with Gasteiger partial charge in [0.2, 0.25) is 5.67 Å². The van der Waals surface area contributed by atoms with Crippen LogP contribution >= 0.6 is 0 Å². The van der Waals surface area contributed by atoms with Crippen LogP contribution in [-0.2, 0) is 9.53 Å². The van der Waals surface area contributed by atoms with E-state index in [1.54, 1.807) is 6.92 Å². The molecule has 0 heterocycles. The van der Waals surface area contributed by atoms with Crippen molar-refractivity contribution in [1.82, 2.24) is 0 Å². The summed E-state index contributed by atoms with van der Waals surface area (Å²) in [4.78, 5) is 10.9. The van der Waals surface area contributed by atoms with E-state index in [4.69, 9.17) is 0 Å². The highest BCUT2D eigenvalue weighted by Crippen LogP contribution is 2.18. The maximum absolute atomic E-state index is 13.2. The summed E-state index contributed by atoms with van der Waals surface area (Å²) in [6.45, 7) is 4.99. The Morgan fingerprint density at radius 3 is 2.45 bits per heavy atom. The van der Waals surface area contributed by atoms with Gasteiger partial charge in [0.15, 0.2) is 0 Å². The van der Waals surface area contributed by atoms with Gasteiger partial charge in [-0.1, -0.05) is 13.3 Å². The fourth-order valence-electron chi connectivity index (χ4n) is 0.853. The standard InChI is InChI=1S/C8H15FO2/c1-4-6-8(3,9)7(10)11-5-2/h4-6H2,1-3H3. The van der Waals surface area contributed by atoms with Crippen molar-refractivity contribution in [3.8, 4) is 0 Å². The lowest BCUT2D eigenvalue weighted by atomic mass is 10.0. The molecule has 0 saturated carbocycles. The molecule has 0 aliphatic rings. The lowest BCUT2D eigenvalue weighted by molar-refractivity contribution is -0.156. The molecule has 0 saturated heterocycles. The fraction of sp³-hybridized carbons (Fsp3) is 0.875. The largest absolute Gasteiger partial charge is 0.464 e. The molecule has 0 fully saturated rings. The van der Waals surface area contributed by atoms with Gasteiger partial charge in [-0.15, -0.1) is 0 Å². The molecular formula is C8H15FO2. The summed E-state index contributed by atoms with van der Waals surface area (Å²) in [6, 6.07) is 0. The van der Waals surface area contributed by atoms with Crippen molar-refractivity contribution in [2.45, 2.75) is 39.3 Å². The SMILES string of the molecule is CCCC(C)(F)C(=O)OCC. The Morgan fingerprint density at radius 1 is 1.55 bits per heavy atom. The summed E-state index contributed by atoms with van der Waals surface area (Å²) >= 11 is 0. The third kappa shape index (κ3) is 3.35. The van der Waals surface area contributed by atoms with Gasteiger partial charge in [-0.2, -0.15) is 0 Å². The van der Waals surface area contributed by atoms with E-state index in [0.717, 1.165) is 0 Å². The van der Waals surface area contributed by atoms with Crippen LogP contribution in [-0.4, -0.2) is 18.2 Å². The summed E-state index contributed by atoms with van der Waals surface area (Å²) in [5.74, 6) is -0.748. The number of carbonyl (C=O) groups is 1. The maximum Gasteiger partial charge on any atom is 0.343 e. The molecule has 1 atom stereocenters. The Morgan fingerprint density at radius 2 is 2.09 bits per heavy atom. The first-order chi connectivity index (χ1) is 5.04. The molecule has 3 heteroatoms. The lowest BCUT2D eigenvalue weighted by Gasteiger charge is -2.16. The monoisotopic (exact) mass is 162 g/mol. The number of halogens is 1. The van der Waals surface area contributed by atoms with E-state index < -0.39 is 11.6 Å². The molecule has 0 radical (unpaired) electrons. The first kappa shape index (κ1) is 10.4. The highest BCUT2D eigenvalue weighted by Gasteiger charge is 2.33. The van der Waals surface area contributed by atoms with E-state index >= 15 is 0 Å². The summed E-state index contributed by atoms with van der Waals surface area (Å²) in [5, 5.41) is 0. The average Bonchev–Trinajstić information content (AvgIpc) is 1.88. The summed E-state index contributed by atoms with van der Waals surface area (Å²) in [6.07, 6.45) is 0.873. The molecular weight excluding hydrogens is 147 g/mol. The Labute approximate surface area is 66.7 Å². The zero-order chi connectivity index (χ0) is 8.91. The van der Waals surface area contributed by atoms with Crippen LogP contribution in [0.3, 0.4) is 0 Å². The fourth-order valence-corrected chi connectivity index (χ4v) is 0.853. The minimum absolute atomic E-state index is 0.228. The molecule has 0 N–H and O–H groups in total. The van der Waals surface area contributed by atoms with Crippen LogP contribution in [0.4, 0.5) is 4.39 Å². The van der Waals surface area contributed by atoms with E-state index in [1.165, 1.54) is 6.92 Å². The molecule has 0 aromatic heterocycles. The van der Waals surface area contributed by atoms with E-state index in [2.05, 4.69) is 4.74 Å². The summed E-state index contributed by atoms with van der Waals surface area (Å²) in [7, 11) is 0. The number of ether oxygens (including phenoxy) is 1. The number of esters is 1. The van der Waals surface area contributed by atoms with Crippen molar-refractivity contribution in [3.63, 3.8) is 0 Å². The molecule has 0 aromatic rings. The molecule has 11 heavy (non-hydrogen) atoms. The Bertz CT molecular complexity index is 132. The zero-order valence-corrected chi connectivity index (χ0v) is 7.32. The number of hydrogen-bond acceptors (Lipinski definition) is 2. The summed E-state index contributed by atoms with van der Waals surface area (Å²) in [5.41, 5.74) is -1.80. The van der Waals surface area contributed by atoms with E-state index in [9.17, 15) is 9.18 Å². The highest BCUT2D eigenvalue weighted by atomic mass is 19.1. The van der Waals surface area contributed by atoms with Gasteiger partial charge >= 0.3 is 5.97 Å². The quantitative estimate of drug-likeness (QED) is 0.591. The maximum atomic E-state index is 13.2. The predicted octanol–water partition coefficient (Wildman–Crippen LogP) is 2.08. The van der Waals surface area contributed by atoms with Crippen molar-refractivity contribution in [1.29, 1.82) is 0 Å². The van der Waals surface area contributed by atoms with Gasteiger partial charge in [-0.25, -0.2) is 9.18 Å². The third-order valence-corrected chi connectivity index (χ3v) is 1.42. The minimum atomic E-state index is -1.80. The van der Waals surface area contributed by atoms with Gasteiger partial charge in [0.1, 0.15) is 0 Å². The molecule has 0 amide bonds. The van der Waals surface area contributed by atoms with Gasteiger partial charge in [0.25, 0.3) is 0 Å². The van der Waals surface area contributed by atoms with Crippen molar-refractivity contribution >= 4 is 5.97 Å². The van der Waals surface area contributed by atoms with E-state index in [1.807, 2.05) is 6.92 Å². The van der Waals surface area contributed by atoms with E-state index in [-0.39, 0.29) is 13.0 Å². The van der Waals surface area contributed by atoms with Crippen molar-refractivity contribution in [2.75, 3.05) is 6.61 Å².